The number of rotatable bonds is 7. The summed E-state index contributed by atoms with van der Waals surface area (Å²) in [5, 5.41) is 13.7. The van der Waals surface area contributed by atoms with Crippen molar-refractivity contribution in [1.82, 2.24) is 15.2 Å². The number of thioether (sulfide) groups is 1. The summed E-state index contributed by atoms with van der Waals surface area (Å²) in [6.45, 7) is 4.14. The highest BCUT2D eigenvalue weighted by molar-refractivity contribution is 7.99. The molecule has 0 aliphatic heterocycles. The van der Waals surface area contributed by atoms with Gasteiger partial charge in [-0.3, -0.25) is 4.79 Å². The molecule has 0 saturated heterocycles. The highest BCUT2D eigenvalue weighted by Gasteiger charge is 2.12. The van der Waals surface area contributed by atoms with E-state index in [2.05, 4.69) is 34.3 Å². The molecule has 6 nitrogen and oxygen atoms in total. The highest BCUT2D eigenvalue weighted by Crippen LogP contribution is 2.22. The quantitative estimate of drug-likeness (QED) is 0.630. The number of nitrogens with zero attached hydrogens (tertiary/aromatic N) is 3. The molecule has 0 fully saturated rings. The Hall–Kier alpha value is -2.19. The van der Waals surface area contributed by atoms with Crippen LogP contribution in [0.25, 0.3) is 0 Å². The molecule has 2 heterocycles. The lowest BCUT2D eigenvalue weighted by molar-refractivity contribution is -0.113. The van der Waals surface area contributed by atoms with Gasteiger partial charge >= 0.3 is 0 Å². The van der Waals surface area contributed by atoms with Gasteiger partial charge in [0.1, 0.15) is 0 Å². The molecular formula is C17H18N4O2S2. The summed E-state index contributed by atoms with van der Waals surface area (Å²) in [4.78, 5) is 16.4. The Balaban J connectivity index is 1.49. The minimum absolute atomic E-state index is 0.141. The lowest BCUT2D eigenvalue weighted by Crippen LogP contribution is -2.13. The van der Waals surface area contributed by atoms with Crippen molar-refractivity contribution in [3.63, 3.8) is 0 Å². The van der Waals surface area contributed by atoms with E-state index >= 15 is 0 Å². The highest BCUT2D eigenvalue weighted by atomic mass is 32.2. The molecule has 0 saturated carbocycles. The smallest absolute Gasteiger partial charge is 0.277 e. The van der Waals surface area contributed by atoms with Crippen LogP contribution in [0, 0.1) is 0 Å². The van der Waals surface area contributed by atoms with Crippen molar-refractivity contribution in [1.29, 1.82) is 0 Å². The lowest BCUT2D eigenvalue weighted by atomic mass is 10.2. The zero-order chi connectivity index (χ0) is 17.6. The lowest BCUT2D eigenvalue weighted by Gasteiger charge is -2.00. The zero-order valence-electron chi connectivity index (χ0n) is 13.9. The van der Waals surface area contributed by atoms with Crippen LogP contribution in [0.15, 0.2) is 45.4 Å². The normalized spacial score (nSPS) is 11.0. The van der Waals surface area contributed by atoms with Crippen molar-refractivity contribution >= 4 is 34.1 Å². The van der Waals surface area contributed by atoms with E-state index in [0.29, 0.717) is 28.6 Å². The zero-order valence-corrected chi connectivity index (χ0v) is 15.6. The fraction of sp³-hybridized carbons (Fsp3) is 0.294. The molecular weight excluding hydrogens is 356 g/mol. The Morgan fingerprint density at radius 2 is 2.08 bits per heavy atom. The van der Waals surface area contributed by atoms with Crippen molar-refractivity contribution in [2.75, 3.05) is 11.1 Å². The molecule has 0 bridgehead atoms. The monoisotopic (exact) mass is 374 g/mol. The maximum atomic E-state index is 12.0. The first-order valence-corrected chi connectivity index (χ1v) is 9.71. The second kappa shape index (κ2) is 8.26. The Kier molecular flexibility index (Phi) is 5.83. The van der Waals surface area contributed by atoms with Crippen LogP contribution in [0.5, 0.6) is 0 Å². The van der Waals surface area contributed by atoms with E-state index < -0.39 is 0 Å². The Labute approximate surface area is 154 Å². The van der Waals surface area contributed by atoms with Gasteiger partial charge in [-0.1, -0.05) is 55.9 Å². The van der Waals surface area contributed by atoms with Gasteiger partial charge in [0.05, 0.1) is 17.9 Å². The second-order valence-electron chi connectivity index (χ2n) is 5.69. The van der Waals surface area contributed by atoms with Gasteiger partial charge in [0.15, 0.2) is 5.13 Å². The molecule has 3 aromatic rings. The van der Waals surface area contributed by atoms with Crippen LogP contribution in [-0.2, 0) is 11.2 Å². The molecule has 130 valence electrons. The van der Waals surface area contributed by atoms with Crippen LogP contribution in [-0.4, -0.2) is 26.8 Å². The van der Waals surface area contributed by atoms with Gasteiger partial charge in [0.2, 0.25) is 11.8 Å². The first-order chi connectivity index (χ1) is 12.1. The molecule has 0 unspecified atom stereocenters. The van der Waals surface area contributed by atoms with E-state index in [1.165, 1.54) is 23.1 Å². The van der Waals surface area contributed by atoms with Crippen LogP contribution in [0.4, 0.5) is 5.13 Å². The number of benzene rings is 1. The predicted octanol–water partition coefficient (Wildman–Crippen LogP) is 3.97. The summed E-state index contributed by atoms with van der Waals surface area (Å²) in [5.74, 6) is 0.939. The summed E-state index contributed by atoms with van der Waals surface area (Å²) in [7, 11) is 0. The van der Waals surface area contributed by atoms with Crippen LogP contribution in [0.1, 0.15) is 36.9 Å². The largest absolute Gasteiger partial charge is 0.416 e. The Morgan fingerprint density at radius 1 is 1.28 bits per heavy atom. The number of carbonyl (C=O) groups excluding carboxylic acids is 1. The molecule has 0 aliphatic rings. The van der Waals surface area contributed by atoms with Gasteiger partial charge in [-0.15, -0.1) is 21.5 Å². The van der Waals surface area contributed by atoms with Crippen molar-refractivity contribution < 1.29 is 9.21 Å². The van der Waals surface area contributed by atoms with Crippen LogP contribution in [0.2, 0.25) is 0 Å². The molecule has 2 aromatic heterocycles. The SMILES string of the molecule is CC(C)c1csc(NC(=O)CSc2nnc(Cc3ccccc3)o2)n1. The van der Waals surface area contributed by atoms with Gasteiger partial charge in [-0.25, -0.2) is 4.98 Å². The summed E-state index contributed by atoms with van der Waals surface area (Å²) in [6, 6.07) is 9.90. The first-order valence-electron chi connectivity index (χ1n) is 7.84. The van der Waals surface area contributed by atoms with E-state index in [0.717, 1.165) is 11.3 Å². The third-order valence-electron chi connectivity index (χ3n) is 3.33. The summed E-state index contributed by atoms with van der Waals surface area (Å²) in [6.07, 6.45) is 0.581. The maximum absolute atomic E-state index is 12.0. The minimum atomic E-state index is -0.141. The number of hydrogen-bond donors (Lipinski definition) is 1. The van der Waals surface area contributed by atoms with Gasteiger partial charge in [-0.2, -0.15) is 0 Å². The van der Waals surface area contributed by atoms with Crippen LogP contribution >= 0.6 is 23.1 Å². The first kappa shape index (κ1) is 17.6. The van der Waals surface area contributed by atoms with Crippen LogP contribution in [0.3, 0.4) is 0 Å². The van der Waals surface area contributed by atoms with Gasteiger partial charge < -0.3 is 9.73 Å². The van der Waals surface area contributed by atoms with E-state index in [1.54, 1.807) is 0 Å². The van der Waals surface area contributed by atoms with Gasteiger partial charge in [-0.05, 0) is 11.5 Å². The molecule has 25 heavy (non-hydrogen) atoms. The van der Waals surface area contributed by atoms with E-state index in [4.69, 9.17) is 4.42 Å². The van der Waals surface area contributed by atoms with Crippen molar-refractivity contribution in [2.24, 2.45) is 0 Å². The average Bonchev–Trinajstić information content (AvgIpc) is 3.23. The standard InChI is InChI=1S/C17H18N4O2S2/c1-11(2)13-9-24-16(18-13)19-14(22)10-25-17-21-20-15(23-17)8-12-6-4-3-5-7-12/h3-7,9,11H,8,10H2,1-2H3,(H,18,19,22). The van der Waals surface area contributed by atoms with E-state index in [9.17, 15) is 4.79 Å². The topological polar surface area (TPSA) is 80.9 Å². The fourth-order valence-electron chi connectivity index (χ4n) is 2.03. The number of carbonyl (C=O) groups is 1. The number of anilines is 1. The number of hydrogen-bond acceptors (Lipinski definition) is 7. The van der Waals surface area contributed by atoms with E-state index in [1.807, 2.05) is 35.7 Å². The average molecular weight is 374 g/mol. The Bertz CT molecular complexity index is 830. The van der Waals surface area contributed by atoms with Crippen molar-refractivity contribution in [3.05, 3.63) is 52.9 Å². The molecule has 0 atom stereocenters. The third-order valence-corrected chi connectivity index (χ3v) is 4.93. The summed E-state index contributed by atoms with van der Waals surface area (Å²) >= 11 is 2.65. The fourth-order valence-corrected chi connectivity index (χ4v) is 3.50. The van der Waals surface area contributed by atoms with Gasteiger partial charge in [0.25, 0.3) is 5.22 Å². The second-order valence-corrected chi connectivity index (χ2v) is 7.48. The van der Waals surface area contributed by atoms with Gasteiger partial charge in [0, 0.05) is 5.38 Å². The third kappa shape index (κ3) is 5.14. The molecule has 1 amide bonds. The number of nitrogens with one attached hydrogen (secondary N) is 1. The summed E-state index contributed by atoms with van der Waals surface area (Å²) < 4.78 is 5.57. The molecule has 1 aromatic carbocycles. The summed E-state index contributed by atoms with van der Waals surface area (Å²) in [5.41, 5.74) is 2.08. The van der Waals surface area contributed by atoms with E-state index in [-0.39, 0.29) is 11.7 Å². The molecule has 3 rings (SSSR count). The van der Waals surface area contributed by atoms with Crippen molar-refractivity contribution in [3.8, 4) is 0 Å². The van der Waals surface area contributed by atoms with Crippen LogP contribution < -0.4 is 5.32 Å². The number of aromatic nitrogens is 3. The number of thiazole rings is 1. The minimum Gasteiger partial charge on any atom is -0.416 e. The Morgan fingerprint density at radius 3 is 2.80 bits per heavy atom. The van der Waals surface area contributed by atoms with Crippen molar-refractivity contribution in [2.45, 2.75) is 31.4 Å². The maximum Gasteiger partial charge on any atom is 0.277 e. The molecule has 8 heteroatoms. The number of amides is 1. The molecule has 0 aliphatic carbocycles. The predicted molar refractivity (Wildman–Crippen MR) is 99.1 cm³/mol. The molecule has 1 N–H and O–H groups in total. The molecule has 0 spiro atoms. The molecule has 0 radical (unpaired) electrons.